The number of carbonyl (C=O) groups is 1. The Bertz CT molecular complexity index is 1480. The molecule has 37 heavy (non-hydrogen) atoms. The third-order valence-corrected chi connectivity index (χ3v) is 6.72. The van der Waals surface area contributed by atoms with Gasteiger partial charge in [-0.25, -0.2) is 13.9 Å². The molecular formula is C26H24F4N6O. The van der Waals surface area contributed by atoms with E-state index in [0.717, 1.165) is 35.3 Å². The highest BCUT2D eigenvalue weighted by Gasteiger charge is 2.37. The number of hydrogen-bond donors (Lipinski definition) is 1. The van der Waals surface area contributed by atoms with E-state index in [4.69, 9.17) is 5.73 Å². The van der Waals surface area contributed by atoms with Gasteiger partial charge >= 0.3 is 6.18 Å². The SMILES string of the molecule is Cc1ncc(-c2cc(C(F)(F)F)c3c(N)ncnn23)cc1C(=O)N1CCC[C@@H](Cc2cccc(F)c2)C1. The molecule has 2 N–H and O–H groups in total. The molecule has 1 aromatic carbocycles. The number of amides is 1. The van der Waals surface area contributed by atoms with Crippen molar-refractivity contribution in [2.45, 2.75) is 32.4 Å². The fourth-order valence-electron chi connectivity index (χ4n) is 4.96. The standard InChI is InChI=1S/C26H24F4N6O/c1-15-20(25(37)35-7-3-5-17(13-35)8-16-4-2-6-19(27)9-16)10-18(12-32-15)22-11-21(26(28,29)30)23-24(31)33-14-34-36(22)23/h2,4,6,9-12,14,17H,3,5,7-8,13H2,1H3,(H2,31,33,34)/t17-/m0/s1. The van der Waals surface area contributed by atoms with Gasteiger partial charge in [0.2, 0.25) is 0 Å². The topological polar surface area (TPSA) is 89.4 Å². The smallest absolute Gasteiger partial charge is 0.382 e. The number of benzene rings is 1. The Kier molecular flexibility index (Phi) is 6.30. The van der Waals surface area contributed by atoms with Crippen molar-refractivity contribution in [3.8, 4) is 11.3 Å². The zero-order valence-corrected chi connectivity index (χ0v) is 20.0. The van der Waals surface area contributed by atoms with Crippen LogP contribution < -0.4 is 5.73 Å². The molecule has 192 valence electrons. The lowest BCUT2D eigenvalue weighted by Gasteiger charge is -2.33. The largest absolute Gasteiger partial charge is 0.418 e. The van der Waals surface area contributed by atoms with Crippen molar-refractivity contribution in [3.63, 3.8) is 0 Å². The van der Waals surface area contributed by atoms with Crippen molar-refractivity contribution in [1.82, 2.24) is 24.5 Å². The second-order valence-corrected chi connectivity index (χ2v) is 9.30. The van der Waals surface area contributed by atoms with Crippen molar-refractivity contribution in [2.75, 3.05) is 18.8 Å². The van der Waals surface area contributed by atoms with Gasteiger partial charge < -0.3 is 10.6 Å². The first kappa shape index (κ1) is 24.7. The molecule has 3 aromatic heterocycles. The molecule has 1 saturated heterocycles. The molecule has 11 heteroatoms. The Morgan fingerprint density at radius 3 is 2.76 bits per heavy atom. The molecular weight excluding hydrogens is 488 g/mol. The summed E-state index contributed by atoms with van der Waals surface area (Å²) in [4.78, 5) is 23.3. The zero-order valence-electron chi connectivity index (χ0n) is 20.0. The van der Waals surface area contributed by atoms with Crippen LogP contribution >= 0.6 is 0 Å². The van der Waals surface area contributed by atoms with Crippen LogP contribution in [0, 0.1) is 18.7 Å². The lowest BCUT2D eigenvalue weighted by molar-refractivity contribution is -0.136. The van der Waals surface area contributed by atoms with Crippen LogP contribution in [-0.4, -0.2) is 43.5 Å². The minimum absolute atomic E-state index is 0.0978. The van der Waals surface area contributed by atoms with E-state index in [1.54, 1.807) is 24.0 Å². The van der Waals surface area contributed by atoms with Gasteiger partial charge in [0.1, 0.15) is 17.7 Å². The summed E-state index contributed by atoms with van der Waals surface area (Å²) >= 11 is 0. The van der Waals surface area contributed by atoms with Crippen molar-refractivity contribution in [2.24, 2.45) is 5.92 Å². The van der Waals surface area contributed by atoms with Gasteiger partial charge in [0, 0.05) is 24.8 Å². The predicted molar refractivity (Wildman–Crippen MR) is 129 cm³/mol. The van der Waals surface area contributed by atoms with Gasteiger partial charge in [0.15, 0.2) is 5.82 Å². The van der Waals surface area contributed by atoms with E-state index in [1.807, 2.05) is 6.07 Å². The third-order valence-electron chi connectivity index (χ3n) is 6.72. The summed E-state index contributed by atoms with van der Waals surface area (Å²) in [6.07, 6.45) is 0.169. The summed E-state index contributed by atoms with van der Waals surface area (Å²) in [7, 11) is 0. The van der Waals surface area contributed by atoms with Crippen molar-refractivity contribution in [3.05, 3.63) is 77.1 Å². The van der Waals surface area contributed by atoms with Crippen LogP contribution in [0.15, 0.2) is 48.9 Å². The van der Waals surface area contributed by atoms with E-state index in [0.29, 0.717) is 36.3 Å². The number of likely N-dealkylation sites (tertiary alicyclic amines) is 1. The van der Waals surface area contributed by atoms with Gasteiger partial charge in [-0.15, -0.1) is 0 Å². The molecule has 1 amide bonds. The lowest BCUT2D eigenvalue weighted by atomic mass is 9.91. The van der Waals surface area contributed by atoms with Crippen LogP contribution in [-0.2, 0) is 12.6 Å². The lowest BCUT2D eigenvalue weighted by Crippen LogP contribution is -2.40. The van der Waals surface area contributed by atoms with Crippen LogP contribution in [0.5, 0.6) is 0 Å². The Labute approximate surface area is 209 Å². The van der Waals surface area contributed by atoms with Crippen LogP contribution in [0.2, 0.25) is 0 Å². The van der Waals surface area contributed by atoms with E-state index >= 15 is 0 Å². The highest BCUT2D eigenvalue weighted by atomic mass is 19.4. The Hall–Kier alpha value is -4.02. The van der Waals surface area contributed by atoms with E-state index in [-0.39, 0.29) is 34.7 Å². The van der Waals surface area contributed by atoms with Gasteiger partial charge in [-0.2, -0.15) is 18.3 Å². The summed E-state index contributed by atoms with van der Waals surface area (Å²) < 4.78 is 55.9. The molecule has 4 heterocycles. The molecule has 4 aromatic rings. The van der Waals surface area contributed by atoms with Crippen LogP contribution in [0.1, 0.15) is 40.0 Å². The molecule has 1 aliphatic heterocycles. The number of carbonyl (C=O) groups excluding carboxylic acids is 1. The summed E-state index contributed by atoms with van der Waals surface area (Å²) in [5, 5.41) is 3.97. The predicted octanol–water partition coefficient (Wildman–Crippen LogP) is 4.93. The number of nitrogen functional groups attached to an aromatic ring is 1. The maximum atomic E-state index is 13.7. The first-order valence-corrected chi connectivity index (χ1v) is 11.8. The number of aryl methyl sites for hydroxylation is 1. The maximum absolute atomic E-state index is 13.7. The average Bonchev–Trinajstić information content (AvgIpc) is 3.26. The molecule has 5 rings (SSSR count). The van der Waals surface area contributed by atoms with Crippen molar-refractivity contribution >= 4 is 17.2 Å². The van der Waals surface area contributed by atoms with Gasteiger partial charge in [-0.1, -0.05) is 12.1 Å². The number of nitrogens with two attached hydrogens (primary N) is 1. The molecule has 0 saturated carbocycles. The Balaban J connectivity index is 1.46. The van der Waals surface area contributed by atoms with E-state index in [1.165, 1.54) is 18.3 Å². The molecule has 1 aliphatic rings. The second-order valence-electron chi connectivity index (χ2n) is 9.30. The normalized spacial score (nSPS) is 16.4. The molecule has 0 radical (unpaired) electrons. The van der Waals surface area contributed by atoms with E-state index < -0.39 is 11.7 Å². The van der Waals surface area contributed by atoms with Crippen LogP contribution in [0.4, 0.5) is 23.4 Å². The van der Waals surface area contributed by atoms with Crippen LogP contribution in [0.3, 0.4) is 0 Å². The first-order valence-electron chi connectivity index (χ1n) is 11.8. The van der Waals surface area contributed by atoms with Gasteiger partial charge in [0.05, 0.1) is 22.5 Å². The highest BCUT2D eigenvalue weighted by Crippen LogP contribution is 2.38. The number of nitrogens with zero attached hydrogens (tertiary/aromatic N) is 5. The average molecular weight is 513 g/mol. The number of aromatic nitrogens is 4. The Morgan fingerprint density at radius 1 is 1.19 bits per heavy atom. The number of halogens is 4. The number of hydrogen-bond acceptors (Lipinski definition) is 5. The highest BCUT2D eigenvalue weighted by molar-refractivity contribution is 5.96. The number of fused-ring (bicyclic) bond motifs is 1. The number of rotatable bonds is 4. The van der Waals surface area contributed by atoms with E-state index in [2.05, 4.69) is 15.1 Å². The molecule has 0 bridgehead atoms. The summed E-state index contributed by atoms with van der Waals surface area (Å²) in [5.74, 6) is -0.678. The van der Waals surface area contributed by atoms with Crippen LogP contribution in [0.25, 0.3) is 16.8 Å². The van der Waals surface area contributed by atoms with E-state index in [9.17, 15) is 22.4 Å². The van der Waals surface area contributed by atoms with Gasteiger partial charge in [-0.3, -0.25) is 9.78 Å². The first-order chi connectivity index (χ1) is 17.6. The maximum Gasteiger partial charge on any atom is 0.418 e. The molecule has 0 spiro atoms. The fraction of sp³-hybridized carbons (Fsp3) is 0.308. The fourth-order valence-corrected chi connectivity index (χ4v) is 4.96. The summed E-state index contributed by atoms with van der Waals surface area (Å²) in [6, 6.07) is 8.93. The molecule has 0 unspecified atom stereocenters. The second kappa shape index (κ2) is 9.45. The summed E-state index contributed by atoms with van der Waals surface area (Å²) in [6.45, 7) is 2.73. The molecule has 0 aliphatic carbocycles. The minimum Gasteiger partial charge on any atom is -0.382 e. The van der Waals surface area contributed by atoms with Gasteiger partial charge in [0.25, 0.3) is 5.91 Å². The summed E-state index contributed by atoms with van der Waals surface area (Å²) in [5.41, 5.74) is 6.47. The minimum atomic E-state index is -4.68. The van der Waals surface area contributed by atoms with Gasteiger partial charge in [-0.05, 0) is 61.9 Å². The van der Waals surface area contributed by atoms with Crippen molar-refractivity contribution in [1.29, 1.82) is 0 Å². The van der Waals surface area contributed by atoms with Crippen molar-refractivity contribution < 1.29 is 22.4 Å². The number of alkyl halides is 3. The third kappa shape index (κ3) is 4.85. The quantitative estimate of drug-likeness (QED) is 0.392. The molecule has 7 nitrogen and oxygen atoms in total. The number of piperidine rings is 1. The molecule has 1 fully saturated rings. The zero-order chi connectivity index (χ0) is 26.3. The number of pyridine rings is 1. The number of anilines is 1. The Morgan fingerprint density at radius 2 is 2.00 bits per heavy atom. The monoisotopic (exact) mass is 512 g/mol. The molecule has 1 atom stereocenters.